The van der Waals surface area contributed by atoms with Crippen LogP contribution in [-0.2, 0) is 7.05 Å². The first-order valence-electron chi connectivity index (χ1n) is 13.4. The first-order valence-corrected chi connectivity index (χ1v) is 9.91. The molecule has 0 radical (unpaired) electrons. The molecule has 0 aliphatic carbocycles. The first kappa shape index (κ1) is 13.8. The number of fused-ring (bicyclic) bond motifs is 3. The lowest BCUT2D eigenvalue weighted by Crippen LogP contribution is -2.31. The lowest BCUT2D eigenvalue weighted by atomic mass is 9.95. The molecular weight excluding hydrogens is 413 g/mol. The summed E-state index contributed by atoms with van der Waals surface area (Å²) >= 11 is 0. The molecule has 158 valence electrons. The van der Waals surface area contributed by atoms with Gasteiger partial charge < -0.3 is 4.42 Å². The Kier molecular flexibility index (Phi) is 3.18. The molecule has 0 spiro atoms. The molecule has 3 aromatic carbocycles. The highest BCUT2D eigenvalue weighted by Crippen LogP contribution is 2.41. The second-order valence-electron chi connectivity index (χ2n) is 7.61. The number of hydrogen-bond acceptors (Lipinski definition) is 3. The fraction of sp³-hybridized carbons (Fsp3) is 0.107. The van der Waals surface area contributed by atoms with Crippen LogP contribution < -0.4 is 4.57 Å². The standard InChI is InChI=1S/C28H19FN3O/c1-16-4-10-21-22-11-9-20(14-31)26(19-7-5-18(13-30)6-8-19)28(22)33-27(21)25(16)24-12-23(29)17(2)15-32(24)3/h4-12,15H,1-3H3/q+1/i2D3,5D,6D,7D,8D. The van der Waals surface area contributed by atoms with Gasteiger partial charge in [-0.3, -0.25) is 0 Å². The van der Waals surface area contributed by atoms with Crippen molar-refractivity contribution in [3.05, 3.63) is 88.8 Å². The van der Waals surface area contributed by atoms with Crippen molar-refractivity contribution in [3.8, 4) is 34.5 Å². The summed E-state index contributed by atoms with van der Waals surface area (Å²) in [5.74, 6) is -0.908. The molecule has 5 aromatic rings. The van der Waals surface area contributed by atoms with Crippen LogP contribution in [0, 0.1) is 42.3 Å². The van der Waals surface area contributed by atoms with E-state index in [1.54, 1.807) is 38.2 Å². The molecule has 2 aromatic heterocycles. The van der Waals surface area contributed by atoms with E-state index in [1.807, 2.05) is 6.07 Å². The Labute approximate surface area is 200 Å². The average molecular weight is 440 g/mol. The quantitative estimate of drug-likeness (QED) is 0.306. The van der Waals surface area contributed by atoms with E-state index in [1.165, 1.54) is 16.8 Å². The van der Waals surface area contributed by atoms with Crippen molar-refractivity contribution in [2.75, 3.05) is 0 Å². The summed E-state index contributed by atoms with van der Waals surface area (Å²) in [6, 6.07) is 9.47. The van der Waals surface area contributed by atoms with Crippen LogP contribution in [0.25, 0.3) is 44.3 Å². The second-order valence-corrected chi connectivity index (χ2v) is 7.61. The normalized spacial score (nSPS) is 14.4. The van der Waals surface area contributed by atoms with Crippen LogP contribution in [0.15, 0.2) is 65.1 Å². The van der Waals surface area contributed by atoms with Crippen molar-refractivity contribution in [3.63, 3.8) is 0 Å². The van der Waals surface area contributed by atoms with Gasteiger partial charge >= 0.3 is 0 Å². The maximum Gasteiger partial charge on any atom is 0.219 e. The first-order chi connectivity index (χ1) is 18.8. The van der Waals surface area contributed by atoms with Gasteiger partial charge in [0.05, 0.1) is 34.3 Å². The smallest absolute Gasteiger partial charge is 0.219 e. The van der Waals surface area contributed by atoms with Crippen LogP contribution in [0.3, 0.4) is 0 Å². The monoisotopic (exact) mass is 439 g/mol. The van der Waals surface area contributed by atoms with E-state index in [0.717, 1.165) is 6.07 Å². The summed E-state index contributed by atoms with van der Waals surface area (Å²) in [6.07, 6.45) is 1.21. The Morgan fingerprint density at radius 1 is 0.970 bits per heavy atom. The van der Waals surface area contributed by atoms with Gasteiger partial charge in [-0.1, -0.05) is 24.2 Å². The van der Waals surface area contributed by atoms with Gasteiger partial charge in [0.25, 0.3) is 0 Å². The Morgan fingerprint density at radius 3 is 2.33 bits per heavy atom. The fourth-order valence-electron chi connectivity index (χ4n) is 4.03. The number of aromatic nitrogens is 1. The summed E-state index contributed by atoms with van der Waals surface area (Å²) in [7, 11) is 1.59. The van der Waals surface area contributed by atoms with Crippen molar-refractivity contribution < 1.29 is 23.0 Å². The van der Waals surface area contributed by atoms with E-state index < -0.39 is 48.0 Å². The number of rotatable bonds is 2. The predicted molar refractivity (Wildman–Crippen MR) is 125 cm³/mol. The largest absolute Gasteiger partial charge is 0.454 e. The average Bonchev–Trinajstić information content (AvgIpc) is 3.27. The summed E-state index contributed by atoms with van der Waals surface area (Å²) in [5.41, 5.74) is 0.942. The molecule has 0 atom stereocenters. The van der Waals surface area contributed by atoms with Crippen LogP contribution in [0.1, 0.15) is 31.8 Å². The number of aryl methyl sites for hydroxylation is 3. The molecule has 0 saturated heterocycles. The Balaban J connectivity index is 1.92. The molecule has 0 fully saturated rings. The Hall–Kier alpha value is -4.48. The molecule has 0 unspecified atom stereocenters. The van der Waals surface area contributed by atoms with Crippen molar-refractivity contribution in [2.24, 2.45) is 7.05 Å². The van der Waals surface area contributed by atoms with Crippen LogP contribution >= 0.6 is 0 Å². The van der Waals surface area contributed by atoms with Gasteiger partial charge in [-0.05, 0) is 49.1 Å². The minimum atomic E-state index is -2.65. The number of benzene rings is 3. The minimum Gasteiger partial charge on any atom is -0.454 e. The second kappa shape index (κ2) is 7.58. The van der Waals surface area contributed by atoms with E-state index >= 15 is 4.39 Å². The summed E-state index contributed by atoms with van der Waals surface area (Å²) in [4.78, 5) is 0. The predicted octanol–water partition coefficient (Wildman–Crippen LogP) is 6.24. The third kappa shape index (κ3) is 3.14. The van der Waals surface area contributed by atoms with Crippen molar-refractivity contribution in [1.29, 1.82) is 10.5 Å². The van der Waals surface area contributed by atoms with E-state index in [4.69, 9.17) is 14.0 Å². The molecule has 0 N–H and O–H groups in total. The summed E-state index contributed by atoms with van der Waals surface area (Å²) in [6.45, 7) is -0.873. The van der Waals surface area contributed by atoms with E-state index in [9.17, 15) is 10.5 Å². The maximum absolute atomic E-state index is 15.0. The third-order valence-electron chi connectivity index (χ3n) is 5.60. The molecule has 0 bridgehead atoms. The molecule has 0 amide bonds. The highest BCUT2D eigenvalue weighted by Gasteiger charge is 2.24. The topological polar surface area (TPSA) is 64.6 Å². The number of hydrogen-bond donors (Lipinski definition) is 0. The molecule has 0 saturated carbocycles. The number of halogens is 1. The molecule has 0 aliphatic heterocycles. The van der Waals surface area contributed by atoms with E-state index in [-0.39, 0.29) is 22.3 Å². The van der Waals surface area contributed by atoms with E-state index in [2.05, 4.69) is 0 Å². The van der Waals surface area contributed by atoms with Gasteiger partial charge in [0.1, 0.15) is 24.0 Å². The zero-order valence-electron chi connectivity index (χ0n) is 24.6. The van der Waals surface area contributed by atoms with Gasteiger partial charge in [0.2, 0.25) is 5.69 Å². The molecule has 33 heavy (non-hydrogen) atoms. The Bertz CT molecular complexity index is 1970. The van der Waals surface area contributed by atoms with Gasteiger partial charge in [-0.25, -0.2) is 8.96 Å². The zero-order valence-corrected chi connectivity index (χ0v) is 17.6. The zero-order chi connectivity index (χ0) is 29.3. The summed E-state index contributed by atoms with van der Waals surface area (Å²) < 4.78 is 79.3. The van der Waals surface area contributed by atoms with Gasteiger partial charge in [-0.15, -0.1) is 0 Å². The van der Waals surface area contributed by atoms with Gasteiger partial charge in [0.15, 0.2) is 6.20 Å². The fourth-order valence-corrected chi connectivity index (χ4v) is 4.03. The van der Waals surface area contributed by atoms with Crippen LogP contribution in [0.5, 0.6) is 0 Å². The molecule has 4 nitrogen and oxygen atoms in total. The van der Waals surface area contributed by atoms with Crippen molar-refractivity contribution in [2.45, 2.75) is 13.8 Å². The van der Waals surface area contributed by atoms with Crippen molar-refractivity contribution >= 4 is 21.9 Å². The van der Waals surface area contributed by atoms with E-state index in [0.29, 0.717) is 33.2 Å². The number of nitrogens with zero attached hydrogens (tertiary/aromatic N) is 3. The van der Waals surface area contributed by atoms with Crippen LogP contribution in [0.4, 0.5) is 4.39 Å². The molecule has 2 heterocycles. The lowest BCUT2D eigenvalue weighted by molar-refractivity contribution is -0.661. The maximum atomic E-state index is 15.0. The van der Waals surface area contributed by atoms with Gasteiger partial charge in [0, 0.05) is 32.1 Å². The molecule has 5 rings (SSSR count). The molecule has 0 aliphatic rings. The SMILES string of the molecule is [2H]c1c([2H])c(-c2c(C#N)ccc3c2oc2c(-c4cc(F)c(C([2H])([2H])[2H])c[n+]4C)c(C)ccc23)c([2H])c([2H])c1C#N. The van der Waals surface area contributed by atoms with Gasteiger partial charge in [-0.2, -0.15) is 10.5 Å². The number of furan rings is 1. The third-order valence-corrected chi connectivity index (χ3v) is 5.60. The van der Waals surface area contributed by atoms with Crippen LogP contribution in [-0.4, -0.2) is 0 Å². The highest BCUT2D eigenvalue weighted by molar-refractivity contribution is 6.14. The molecular formula is C28H19FN3O+. The molecule has 5 heteroatoms. The number of pyridine rings is 1. The highest BCUT2D eigenvalue weighted by atomic mass is 19.1. The summed E-state index contributed by atoms with van der Waals surface area (Å²) in [5, 5.41) is 20.4. The number of nitriles is 2. The lowest BCUT2D eigenvalue weighted by Gasteiger charge is -2.06. The van der Waals surface area contributed by atoms with Crippen LogP contribution in [0.2, 0.25) is 0 Å². The van der Waals surface area contributed by atoms with Crippen molar-refractivity contribution in [1.82, 2.24) is 0 Å². The Morgan fingerprint density at radius 2 is 1.67 bits per heavy atom. The minimum absolute atomic E-state index is 0.0361.